The first kappa shape index (κ1) is 9.98. The first-order chi connectivity index (χ1) is 7.09. The number of phenols is 1. The van der Waals surface area contributed by atoms with Gasteiger partial charge in [0.1, 0.15) is 0 Å². The highest BCUT2D eigenvalue weighted by molar-refractivity contribution is 5.82. The summed E-state index contributed by atoms with van der Waals surface area (Å²) < 4.78 is 15.3. The number of rotatable bonds is 2. The number of hydrogen-bond acceptors (Lipinski definition) is 2. The fourth-order valence-corrected chi connectivity index (χ4v) is 1.70. The van der Waals surface area contributed by atoms with Gasteiger partial charge in [0.05, 0.1) is 5.52 Å². The average molecular weight is 208 g/mol. The second kappa shape index (κ2) is 3.55. The van der Waals surface area contributed by atoms with E-state index in [1.54, 1.807) is 22.9 Å². The number of nitrogens with two attached hydrogens (primary N) is 1. The molecule has 4 heteroatoms. The fraction of sp³-hybridized carbons (Fsp3) is 0.273. The van der Waals surface area contributed by atoms with Crippen LogP contribution in [0.3, 0.4) is 0 Å². The lowest BCUT2D eigenvalue weighted by molar-refractivity contribution is 0.434. The lowest BCUT2D eigenvalue weighted by Gasteiger charge is -2.09. The lowest BCUT2D eigenvalue weighted by Crippen LogP contribution is -2.21. The third-order valence-electron chi connectivity index (χ3n) is 2.33. The molecule has 0 aliphatic rings. The summed E-state index contributed by atoms with van der Waals surface area (Å²) in [5.41, 5.74) is 6.07. The molecule has 2 rings (SSSR count). The van der Waals surface area contributed by atoms with E-state index < -0.39 is 5.82 Å². The van der Waals surface area contributed by atoms with E-state index in [1.807, 2.05) is 6.92 Å². The lowest BCUT2D eigenvalue weighted by atomic mass is 10.2. The number of benzene rings is 1. The van der Waals surface area contributed by atoms with Crippen LogP contribution in [-0.2, 0) is 6.54 Å². The molecule has 1 unspecified atom stereocenters. The zero-order chi connectivity index (χ0) is 11.0. The van der Waals surface area contributed by atoms with Crippen LogP contribution < -0.4 is 5.73 Å². The van der Waals surface area contributed by atoms with Gasteiger partial charge in [-0.25, -0.2) is 4.39 Å². The molecule has 3 N–H and O–H groups in total. The van der Waals surface area contributed by atoms with Gasteiger partial charge in [-0.05, 0) is 25.1 Å². The predicted molar refractivity (Wildman–Crippen MR) is 57.2 cm³/mol. The average Bonchev–Trinajstić information content (AvgIpc) is 2.55. The maximum Gasteiger partial charge on any atom is 0.188 e. The number of nitrogens with zero attached hydrogens (tertiary/aromatic N) is 1. The van der Waals surface area contributed by atoms with Crippen molar-refractivity contribution in [1.29, 1.82) is 0 Å². The second-order valence-corrected chi connectivity index (χ2v) is 3.78. The molecular weight excluding hydrogens is 195 g/mol. The van der Waals surface area contributed by atoms with Crippen molar-refractivity contribution >= 4 is 10.9 Å². The smallest absolute Gasteiger partial charge is 0.188 e. The van der Waals surface area contributed by atoms with E-state index in [4.69, 9.17) is 5.73 Å². The Labute approximate surface area is 86.9 Å². The fourth-order valence-electron chi connectivity index (χ4n) is 1.70. The van der Waals surface area contributed by atoms with E-state index in [0.717, 1.165) is 5.39 Å². The van der Waals surface area contributed by atoms with Gasteiger partial charge >= 0.3 is 0 Å². The molecule has 0 saturated heterocycles. The van der Waals surface area contributed by atoms with Gasteiger partial charge in [0.2, 0.25) is 0 Å². The van der Waals surface area contributed by atoms with Crippen LogP contribution in [0.25, 0.3) is 10.9 Å². The zero-order valence-corrected chi connectivity index (χ0v) is 8.44. The molecule has 0 amide bonds. The number of hydrogen-bond donors (Lipinski definition) is 2. The maximum absolute atomic E-state index is 13.6. The Morgan fingerprint density at radius 3 is 2.87 bits per heavy atom. The van der Waals surface area contributed by atoms with E-state index in [-0.39, 0.29) is 11.8 Å². The summed E-state index contributed by atoms with van der Waals surface area (Å²) in [6.07, 6.45) is 1.77. The standard InChI is InChI=1S/C11H13FN2O/c1-7(13)6-14-5-4-8-2-3-9(15)10(12)11(8)14/h2-5,7,15H,6,13H2,1H3. The summed E-state index contributed by atoms with van der Waals surface area (Å²) in [6.45, 7) is 2.39. The van der Waals surface area contributed by atoms with E-state index in [1.165, 1.54) is 6.07 Å². The van der Waals surface area contributed by atoms with Crippen molar-refractivity contribution in [2.24, 2.45) is 5.73 Å². The number of aromatic nitrogens is 1. The van der Waals surface area contributed by atoms with Gasteiger partial charge in [-0.2, -0.15) is 0 Å². The third kappa shape index (κ3) is 1.68. The third-order valence-corrected chi connectivity index (χ3v) is 2.33. The molecule has 15 heavy (non-hydrogen) atoms. The Morgan fingerprint density at radius 1 is 1.47 bits per heavy atom. The number of aromatic hydroxyl groups is 1. The predicted octanol–water partition coefficient (Wildman–Crippen LogP) is 1.83. The van der Waals surface area contributed by atoms with Crippen molar-refractivity contribution in [3.63, 3.8) is 0 Å². The molecule has 1 aromatic heterocycles. The summed E-state index contributed by atoms with van der Waals surface area (Å²) in [4.78, 5) is 0. The molecule has 1 atom stereocenters. The summed E-state index contributed by atoms with van der Waals surface area (Å²) in [5.74, 6) is -0.912. The Balaban J connectivity index is 2.61. The van der Waals surface area contributed by atoms with Crippen LogP contribution in [0.2, 0.25) is 0 Å². The monoisotopic (exact) mass is 208 g/mol. The normalized spacial score (nSPS) is 13.3. The summed E-state index contributed by atoms with van der Waals surface area (Å²) in [7, 11) is 0. The minimum absolute atomic E-state index is 0.0534. The van der Waals surface area contributed by atoms with Gasteiger partial charge in [0.25, 0.3) is 0 Å². The van der Waals surface area contributed by atoms with Gasteiger partial charge in [0, 0.05) is 24.2 Å². The van der Waals surface area contributed by atoms with Crippen molar-refractivity contribution in [2.75, 3.05) is 0 Å². The van der Waals surface area contributed by atoms with Crippen LogP contribution >= 0.6 is 0 Å². The summed E-state index contributed by atoms with van der Waals surface area (Å²) in [5, 5.41) is 10.0. The highest BCUT2D eigenvalue weighted by atomic mass is 19.1. The molecule has 0 radical (unpaired) electrons. The van der Waals surface area contributed by atoms with Gasteiger partial charge < -0.3 is 15.4 Å². The topological polar surface area (TPSA) is 51.2 Å². The number of fused-ring (bicyclic) bond motifs is 1. The summed E-state index contributed by atoms with van der Waals surface area (Å²) in [6, 6.07) is 4.79. The Hall–Kier alpha value is -1.55. The van der Waals surface area contributed by atoms with Crippen molar-refractivity contribution in [3.8, 4) is 5.75 Å². The SMILES string of the molecule is CC(N)Cn1ccc2ccc(O)c(F)c21. The van der Waals surface area contributed by atoms with Gasteiger partial charge in [0.15, 0.2) is 11.6 Å². The van der Waals surface area contributed by atoms with Crippen LogP contribution in [-0.4, -0.2) is 15.7 Å². The van der Waals surface area contributed by atoms with E-state index in [0.29, 0.717) is 12.1 Å². The first-order valence-electron chi connectivity index (χ1n) is 4.81. The largest absolute Gasteiger partial charge is 0.505 e. The molecule has 0 aliphatic carbocycles. The first-order valence-corrected chi connectivity index (χ1v) is 4.81. The van der Waals surface area contributed by atoms with Gasteiger partial charge in [-0.3, -0.25) is 0 Å². The molecule has 0 saturated carbocycles. The van der Waals surface area contributed by atoms with E-state index in [9.17, 15) is 9.50 Å². The molecule has 0 fully saturated rings. The molecule has 3 nitrogen and oxygen atoms in total. The molecule has 1 heterocycles. The van der Waals surface area contributed by atoms with Crippen molar-refractivity contribution in [1.82, 2.24) is 4.57 Å². The highest BCUT2D eigenvalue weighted by Crippen LogP contribution is 2.26. The minimum Gasteiger partial charge on any atom is -0.505 e. The minimum atomic E-state index is -0.585. The molecule has 0 bridgehead atoms. The Kier molecular flexibility index (Phi) is 2.36. The summed E-state index contributed by atoms with van der Waals surface area (Å²) >= 11 is 0. The quantitative estimate of drug-likeness (QED) is 0.791. The Morgan fingerprint density at radius 2 is 2.20 bits per heavy atom. The van der Waals surface area contributed by atoms with Gasteiger partial charge in [-0.1, -0.05) is 0 Å². The van der Waals surface area contributed by atoms with E-state index in [2.05, 4.69) is 0 Å². The Bertz CT molecular complexity index is 491. The van der Waals surface area contributed by atoms with Crippen LogP contribution in [0.1, 0.15) is 6.92 Å². The van der Waals surface area contributed by atoms with Crippen LogP contribution in [0, 0.1) is 5.82 Å². The van der Waals surface area contributed by atoms with Crippen molar-refractivity contribution < 1.29 is 9.50 Å². The second-order valence-electron chi connectivity index (χ2n) is 3.78. The van der Waals surface area contributed by atoms with Crippen LogP contribution in [0.5, 0.6) is 5.75 Å². The highest BCUT2D eigenvalue weighted by Gasteiger charge is 2.11. The van der Waals surface area contributed by atoms with Gasteiger partial charge in [-0.15, -0.1) is 0 Å². The molecular formula is C11H13FN2O. The number of halogens is 1. The van der Waals surface area contributed by atoms with Crippen LogP contribution in [0.4, 0.5) is 4.39 Å². The van der Waals surface area contributed by atoms with Crippen molar-refractivity contribution in [3.05, 3.63) is 30.2 Å². The van der Waals surface area contributed by atoms with Crippen LogP contribution in [0.15, 0.2) is 24.4 Å². The van der Waals surface area contributed by atoms with Crippen molar-refractivity contribution in [2.45, 2.75) is 19.5 Å². The molecule has 80 valence electrons. The molecule has 0 aliphatic heterocycles. The maximum atomic E-state index is 13.6. The molecule has 0 spiro atoms. The number of phenolic OH excluding ortho intramolecular Hbond substituents is 1. The zero-order valence-electron chi connectivity index (χ0n) is 8.44. The van der Waals surface area contributed by atoms with E-state index >= 15 is 0 Å². The molecule has 1 aromatic carbocycles. The molecule has 2 aromatic rings.